The van der Waals surface area contributed by atoms with Crippen LogP contribution in [0.4, 0.5) is 5.82 Å². The van der Waals surface area contributed by atoms with Gasteiger partial charge in [-0.3, -0.25) is 9.59 Å². The molecule has 1 amide bonds. The van der Waals surface area contributed by atoms with Crippen molar-refractivity contribution < 1.29 is 18.0 Å². The molecule has 1 aliphatic rings. The maximum atomic E-state index is 13.2. The molecule has 8 nitrogen and oxygen atoms in total. The summed E-state index contributed by atoms with van der Waals surface area (Å²) in [6.45, 7) is 5.68. The molecule has 0 unspecified atom stereocenters. The van der Waals surface area contributed by atoms with E-state index >= 15 is 0 Å². The summed E-state index contributed by atoms with van der Waals surface area (Å²) in [5.74, 6) is -0.286. The lowest BCUT2D eigenvalue weighted by Gasteiger charge is -2.15. The number of nitrogens with one attached hydrogen (secondary N) is 2. The summed E-state index contributed by atoms with van der Waals surface area (Å²) in [5.41, 5.74) is 3.26. The number of carbonyl (C=O) groups excluding carboxylic acids is 2. The minimum atomic E-state index is -3.80. The minimum Gasteiger partial charge on any atom is -0.310 e. The lowest BCUT2D eigenvalue weighted by molar-refractivity contribution is -0.116. The molecule has 0 spiro atoms. The van der Waals surface area contributed by atoms with Gasteiger partial charge in [0.25, 0.3) is 0 Å². The van der Waals surface area contributed by atoms with E-state index in [4.69, 9.17) is 0 Å². The molecule has 0 saturated carbocycles. The number of sulfonamides is 1. The van der Waals surface area contributed by atoms with Gasteiger partial charge in [-0.2, -0.15) is 9.78 Å². The predicted octanol–water partition coefficient (Wildman–Crippen LogP) is 3.62. The van der Waals surface area contributed by atoms with Gasteiger partial charge >= 0.3 is 0 Å². The lowest BCUT2D eigenvalue weighted by Crippen LogP contribution is -2.28. The number of hydrogen-bond acceptors (Lipinski definition) is 5. The number of aromatic nitrogens is 2. The average molecular weight is 467 g/mol. The molecule has 1 aliphatic heterocycles. The van der Waals surface area contributed by atoms with Gasteiger partial charge in [-0.1, -0.05) is 49.4 Å². The van der Waals surface area contributed by atoms with E-state index in [1.165, 1.54) is 4.68 Å². The topological polar surface area (TPSA) is 110 Å². The summed E-state index contributed by atoms with van der Waals surface area (Å²) in [6.07, 6.45) is 0.147. The Morgan fingerprint density at radius 3 is 2.55 bits per heavy atom. The number of aryl methyl sites for hydroxylation is 2. The van der Waals surface area contributed by atoms with Crippen LogP contribution in [-0.4, -0.2) is 36.6 Å². The Kier molecular flexibility index (Phi) is 6.18. The second-order valence-corrected chi connectivity index (χ2v) is 10.0. The van der Waals surface area contributed by atoms with Gasteiger partial charge in [0.2, 0.25) is 21.8 Å². The molecule has 2 heterocycles. The van der Waals surface area contributed by atoms with E-state index < -0.39 is 10.0 Å². The minimum absolute atomic E-state index is 0.000578. The van der Waals surface area contributed by atoms with Crippen LogP contribution in [0.5, 0.6) is 0 Å². The van der Waals surface area contributed by atoms with E-state index in [2.05, 4.69) is 15.1 Å². The smallest absolute Gasteiger partial charge is 0.249 e. The number of amides is 1. The van der Waals surface area contributed by atoms with Crippen molar-refractivity contribution in [3.63, 3.8) is 0 Å². The molecular formula is C24H26N4O4S. The number of benzene rings is 2. The summed E-state index contributed by atoms with van der Waals surface area (Å²) in [7, 11) is -3.80. The van der Waals surface area contributed by atoms with Crippen molar-refractivity contribution in [3.8, 4) is 11.1 Å². The molecule has 0 aliphatic carbocycles. The Morgan fingerprint density at radius 1 is 1.09 bits per heavy atom. The second kappa shape index (κ2) is 8.92. The monoisotopic (exact) mass is 466 g/mol. The van der Waals surface area contributed by atoms with Crippen LogP contribution < -0.4 is 10.0 Å². The maximum Gasteiger partial charge on any atom is 0.249 e. The summed E-state index contributed by atoms with van der Waals surface area (Å²) in [5, 5.41) is 7.05. The molecule has 33 heavy (non-hydrogen) atoms. The molecule has 0 fully saturated rings. The Hall–Kier alpha value is -3.30. The van der Waals surface area contributed by atoms with Crippen LogP contribution in [0.1, 0.15) is 47.3 Å². The average Bonchev–Trinajstić information content (AvgIpc) is 3.05. The number of hydrogen-bond donors (Lipinski definition) is 2. The highest BCUT2D eigenvalue weighted by Gasteiger charge is 2.27. The highest BCUT2D eigenvalue weighted by Crippen LogP contribution is 2.35. The zero-order valence-corrected chi connectivity index (χ0v) is 19.6. The van der Waals surface area contributed by atoms with E-state index in [0.717, 1.165) is 5.56 Å². The quantitative estimate of drug-likeness (QED) is 0.577. The van der Waals surface area contributed by atoms with Gasteiger partial charge in [0.15, 0.2) is 0 Å². The van der Waals surface area contributed by atoms with Gasteiger partial charge in [-0.05, 0) is 42.5 Å². The van der Waals surface area contributed by atoms with Gasteiger partial charge in [0, 0.05) is 24.9 Å². The van der Waals surface area contributed by atoms with Crippen LogP contribution in [-0.2, 0) is 14.8 Å². The number of fused-ring (bicyclic) bond motifs is 1. The largest absolute Gasteiger partial charge is 0.310 e. The van der Waals surface area contributed by atoms with Crippen molar-refractivity contribution in [3.05, 3.63) is 65.4 Å². The third-order valence-electron chi connectivity index (χ3n) is 5.83. The van der Waals surface area contributed by atoms with E-state index in [1.807, 2.05) is 37.3 Å². The van der Waals surface area contributed by atoms with Crippen molar-refractivity contribution in [2.75, 3.05) is 11.9 Å². The van der Waals surface area contributed by atoms with Crippen LogP contribution in [0.2, 0.25) is 0 Å². The van der Waals surface area contributed by atoms with Crippen molar-refractivity contribution in [1.82, 2.24) is 14.5 Å². The fourth-order valence-electron chi connectivity index (χ4n) is 3.95. The molecule has 0 saturated heterocycles. The molecule has 1 atom stereocenters. The second-order valence-electron chi connectivity index (χ2n) is 8.31. The first kappa shape index (κ1) is 22.9. The standard InChI is InChI=1S/C24H26N4O4S/c1-15-9-10-19(23-17(3)27-28-22(30)12-11-21(29)26-24(23)28)13-20(15)33(31,32)25-14-16(2)18-7-5-4-6-8-18/h4-10,13,16,25H,11-12,14H2,1-3H3,(H,26,29)/t16-/m0/s1. The fraction of sp³-hybridized carbons (Fsp3) is 0.292. The van der Waals surface area contributed by atoms with E-state index in [9.17, 15) is 18.0 Å². The first-order chi connectivity index (χ1) is 15.7. The molecule has 4 rings (SSSR count). The van der Waals surface area contributed by atoms with E-state index in [-0.39, 0.29) is 47.8 Å². The summed E-state index contributed by atoms with van der Waals surface area (Å²) in [6, 6.07) is 14.8. The summed E-state index contributed by atoms with van der Waals surface area (Å²) < 4.78 is 30.3. The van der Waals surface area contributed by atoms with Gasteiger partial charge in [0.1, 0.15) is 5.82 Å². The summed E-state index contributed by atoms with van der Waals surface area (Å²) in [4.78, 5) is 24.7. The van der Waals surface area contributed by atoms with E-state index in [0.29, 0.717) is 22.4 Å². The SMILES string of the molecule is Cc1ccc(-c2c(C)nn3c2NC(=O)CCC3=O)cc1S(=O)(=O)NC[C@H](C)c1ccccc1. The third-order valence-corrected chi connectivity index (χ3v) is 7.40. The molecule has 9 heteroatoms. The van der Waals surface area contributed by atoms with Gasteiger partial charge in [0.05, 0.1) is 10.6 Å². The van der Waals surface area contributed by atoms with Crippen LogP contribution in [0.3, 0.4) is 0 Å². The Balaban J connectivity index is 1.68. The normalized spacial score (nSPS) is 15.0. The van der Waals surface area contributed by atoms with Crippen molar-refractivity contribution in [1.29, 1.82) is 0 Å². The number of rotatable bonds is 6. The maximum absolute atomic E-state index is 13.2. The summed E-state index contributed by atoms with van der Waals surface area (Å²) >= 11 is 0. The highest BCUT2D eigenvalue weighted by molar-refractivity contribution is 7.89. The lowest BCUT2D eigenvalue weighted by atomic mass is 10.0. The predicted molar refractivity (Wildman–Crippen MR) is 126 cm³/mol. The van der Waals surface area contributed by atoms with Crippen LogP contribution in [0.15, 0.2) is 53.4 Å². The van der Waals surface area contributed by atoms with Gasteiger partial charge in [-0.25, -0.2) is 13.1 Å². The zero-order chi connectivity index (χ0) is 23.8. The molecular weight excluding hydrogens is 440 g/mol. The van der Waals surface area contributed by atoms with E-state index in [1.54, 1.807) is 32.0 Å². The van der Waals surface area contributed by atoms with Gasteiger partial charge in [-0.15, -0.1) is 0 Å². The molecule has 172 valence electrons. The van der Waals surface area contributed by atoms with Crippen molar-refractivity contribution >= 4 is 27.7 Å². The van der Waals surface area contributed by atoms with Crippen molar-refractivity contribution in [2.24, 2.45) is 0 Å². The first-order valence-corrected chi connectivity index (χ1v) is 12.2. The molecule has 3 aromatic rings. The zero-order valence-electron chi connectivity index (χ0n) is 18.8. The van der Waals surface area contributed by atoms with Crippen molar-refractivity contribution in [2.45, 2.75) is 44.4 Å². The third kappa shape index (κ3) is 4.60. The number of nitrogens with zero attached hydrogens (tertiary/aromatic N) is 2. The van der Waals surface area contributed by atoms with Crippen LogP contribution in [0.25, 0.3) is 11.1 Å². The van der Waals surface area contributed by atoms with Crippen LogP contribution >= 0.6 is 0 Å². The highest BCUT2D eigenvalue weighted by atomic mass is 32.2. The Bertz CT molecular complexity index is 1330. The molecule has 1 aromatic heterocycles. The van der Waals surface area contributed by atoms with Gasteiger partial charge < -0.3 is 5.32 Å². The first-order valence-electron chi connectivity index (χ1n) is 10.8. The Morgan fingerprint density at radius 2 is 1.82 bits per heavy atom. The molecule has 0 bridgehead atoms. The molecule has 2 N–H and O–H groups in total. The number of anilines is 1. The fourth-order valence-corrected chi connectivity index (χ4v) is 5.35. The Labute approximate surface area is 193 Å². The molecule has 0 radical (unpaired) electrons. The molecule has 2 aromatic carbocycles. The van der Waals surface area contributed by atoms with Crippen LogP contribution in [0, 0.1) is 13.8 Å². The number of carbonyl (C=O) groups is 2.